The fourth-order valence-electron chi connectivity index (χ4n) is 1.82. The van der Waals surface area contributed by atoms with Crippen LogP contribution in [0.3, 0.4) is 0 Å². The average molecular weight is 218 g/mol. The number of hydrogen-bond donors (Lipinski definition) is 1. The van der Waals surface area contributed by atoms with Gasteiger partial charge < -0.3 is 5.11 Å². The number of hydrogen-bond acceptors (Lipinski definition) is 1. The Morgan fingerprint density at radius 2 is 2.12 bits per heavy atom. The summed E-state index contributed by atoms with van der Waals surface area (Å²) in [5.74, 6) is 2.19. The molecule has 1 rings (SSSR count). The third-order valence-corrected chi connectivity index (χ3v) is 2.52. The van der Waals surface area contributed by atoms with E-state index in [0.717, 1.165) is 16.7 Å². The number of allylic oxidation sites excluding steroid dienone is 2. The largest absolute Gasteiger partial charge is 0.508 e. The number of halogens is 1. The lowest BCUT2D eigenvalue weighted by Crippen LogP contribution is -1.96. The molecule has 84 valence electrons. The number of aryl methyl sites for hydroxylation is 2. The maximum absolute atomic E-state index is 13.3. The molecule has 0 saturated heterocycles. The average Bonchev–Trinajstić information content (AvgIpc) is 2.21. The van der Waals surface area contributed by atoms with Gasteiger partial charge in [0, 0.05) is 0 Å². The van der Waals surface area contributed by atoms with Crippen molar-refractivity contribution in [3.05, 3.63) is 34.6 Å². The monoisotopic (exact) mass is 218 g/mol. The molecular weight excluding hydrogens is 203 g/mol. The number of phenols is 1. The molecule has 0 bridgehead atoms. The first-order valence-electron chi connectivity index (χ1n) is 5.17. The summed E-state index contributed by atoms with van der Waals surface area (Å²) in [6.07, 6.45) is 6.02. The van der Waals surface area contributed by atoms with Gasteiger partial charge in [0.25, 0.3) is 0 Å². The fraction of sp³-hybridized carbons (Fsp3) is 0.286. The number of benzene rings is 1. The van der Waals surface area contributed by atoms with Gasteiger partial charge in [0.1, 0.15) is 11.6 Å². The molecule has 0 unspecified atom stereocenters. The predicted octanol–water partition coefficient (Wildman–Crippen LogP) is 3.60. The number of rotatable bonds is 2. The van der Waals surface area contributed by atoms with Crippen LogP contribution in [0, 0.1) is 19.3 Å². The van der Waals surface area contributed by atoms with Gasteiger partial charge in [-0.1, -0.05) is 12.8 Å². The van der Waals surface area contributed by atoms with Crippen molar-refractivity contribution >= 4 is 5.57 Å². The summed E-state index contributed by atoms with van der Waals surface area (Å²) >= 11 is 0. The van der Waals surface area contributed by atoms with Crippen LogP contribution < -0.4 is 0 Å². The van der Waals surface area contributed by atoms with Gasteiger partial charge in [-0.25, -0.2) is 4.39 Å². The first-order chi connectivity index (χ1) is 7.51. The molecule has 0 aliphatic heterocycles. The molecule has 1 aromatic carbocycles. The van der Waals surface area contributed by atoms with Crippen molar-refractivity contribution in [2.45, 2.75) is 27.2 Å². The predicted molar refractivity (Wildman–Crippen MR) is 64.8 cm³/mol. The van der Waals surface area contributed by atoms with Gasteiger partial charge in [-0.2, -0.15) is 0 Å². The Hall–Kier alpha value is -1.75. The van der Waals surface area contributed by atoms with Crippen LogP contribution in [-0.4, -0.2) is 5.11 Å². The Morgan fingerprint density at radius 1 is 1.50 bits per heavy atom. The molecular formula is C14H15FO. The Morgan fingerprint density at radius 3 is 2.56 bits per heavy atom. The van der Waals surface area contributed by atoms with Crippen molar-refractivity contribution < 1.29 is 9.50 Å². The summed E-state index contributed by atoms with van der Waals surface area (Å²) in [7, 11) is 0. The molecule has 0 spiro atoms. The number of phenolic OH excluding ortho intramolecular Hbond substituents is 1. The van der Waals surface area contributed by atoms with Crippen LogP contribution in [0.4, 0.5) is 4.39 Å². The molecule has 0 aliphatic rings. The van der Waals surface area contributed by atoms with Crippen LogP contribution in [0.2, 0.25) is 0 Å². The van der Waals surface area contributed by atoms with Crippen molar-refractivity contribution in [3.8, 4) is 18.1 Å². The minimum Gasteiger partial charge on any atom is -0.508 e. The van der Waals surface area contributed by atoms with E-state index in [9.17, 15) is 9.50 Å². The van der Waals surface area contributed by atoms with E-state index >= 15 is 0 Å². The van der Waals surface area contributed by atoms with Gasteiger partial charge in [-0.15, -0.1) is 6.42 Å². The molecule has 0 amide bonds. The highest BCUT2D eigenvalue weighted by atomic mass is 19.1. The molecule has 0 aliphatic carbocycles. The highest BCUT2D eigenvalue weighted by Crippen LogP contribution is 2.29. The number of aromatic hydroxyl groups is 1. The smallest absolute Gasteiger partial charge is 0.116 e. The van der Waals surface area contributed by atoms with E-state index in [1.165, 1.54) is 6.92 Å². The van der Waals surface area contributed by atoms with Gasteiger partial charge in [0.15, 0.2) is 0 Å². The lowest BCUT2D eigenvalue weighted by atomic mass is 9.93. The summed E-state index contributed by atoms with van der Waals surface area (Å²) in [5.41, 5.74) is 2.65. The molecule has 0 atom stereocenters. The summed E-state index contributed by atoms with van der Waals surface area (Å²) < 4.78 is 13.3. The van der Waals surface area contributed by atoms with Crippen molar-refractivity contribution in [1.82, 2.24) is 0 Å². The number of terminal acetylenes is 1. The van der Waals surface area contributed by atoms with E-state index in [2.05, 4.69) is 5.92 Å². The van der Waals surface area contributed by atoms with Crippen molar-refractivity contribution in [3.63, 3.8) is 0 Å². The molecule has 16 heavy (non-hydrogen) atoms. The third kappa shape index (κ3) is 2.25. The first kappa shape index (κ1) is 12.3. The van der Waals surface area contributed by atoms with Crippen LogP contribution in [-0.2, 0) is 6.42 Å². The Balaban J connectivity index is 3.56. The van der Waals surface area contributed by atoms with E-state index in [4.69, 9.17) is 6.42 Å². The summed E-state index contributed by atoms with van der Waals surface area (Å²) in [6.45, 7) is 5.11. The Labute approximate surface area is 95.6 Å². The molecule has 2 heteroatoms. The minimum atomic E-state index is -0.369. The second-order valence-electron chi connectivity index (χ2n) is 3.70. The topological polar surface area (TPSA) is 20.2 Å². The highest BCUT2D eigenvalue weighted by Gasteiger charge is 2.12. The Bertz CT molecular complexity index is 474. The van der Waals surface area contributed by atoms with Crippen LogP contribution in [0.25, 0.3) is 5.57 Å². The van der Waals surface area contributed by atoms with E-state index in [1.54, 1.807) is 12.1 Å². The minimum absolute atomic E-state index is 0.186. The van der Waals surface area contributed by atoms with Crippen molar-refractivity contribution in [2.24, 2.45) is 0 Å². The van der Waals surface area contributed by atoms with Gasteiger partial charge in [-0.3, -0.25) is 0 Å². The van der Waals surface area contributed by atoms with E-state index in [-0.39, 0.29) is 17.1 Å². The lowest BCUT2D eigenvalue weighted by Gasteiger charge is -2.12. The second-order valence-corrected chi connectivity index (χ2v) is 3.70. The summed E-state index contributed by atoms with van der Waals surface area (Å²) in [6, 6.07) is 3.22. The maximum atomic E-state index is 13.3. The first-order valence-corrected chi connectivity index (χ1v) is 5.17. The van der Waals surface area contributed by atoms with E-state index < -0.39 is 0 Å². The zero-order valence-corrected chi connectivity index (χ0v) is 9.76. The quantitative estimate of drug-likeness (QED) is 0.752. The highest BCUT2D eigenvalue weighted by molar-refractivity contribution is 5.83. The van der Waals surface area contributed by atoms with Crippen molar-refractivity contribution in [2.75, 3.05) is 0 Å². The third-order valence-electron chi connectivity index (χ3n) is 2.52. The lowest BCUT2D eigenvalue weighted by molar-refractivity contribution is 0.474. The fourth-order valence-corrected chi connectivity index (χ4v) is 1.82. The molecule has 0 saturated carbocycles. The normalized spacial score (nSPS) is 11.9. The maximum Gasteiger partial charge on any atom is 0.116 e. The van der Waals surface area contributed by atoms with Crippen LogP contribution >= 0.6 is 0 Å². The summed E-state index contributed by atoms with van der Waals surface area (Å²) in [5, 5.41) is 9.48. The van der Waals surface area contributed by atoms with Gasteiger partial charge in [0.05, 0.1) is 5.57 Å². The second kappa shape index (κ2) is 4.85. The molecule has 1 nitrogen and oxygen atoms in total. The van der Waals surface area contributed by atoms with Crippen LogP contribution in [0.1, 0.15) is 30.5 Å². The standard InChI is InChI=1S/C14H15FO/c1-5-11-8-12(16)7-9(3)14(11)13(6-2)10(4)15/h2,7-8,16H,5H2,1,3-4H3/b13-10+. The molecule has 1 aromatic rings. The molecule has 0 fully saturated rings. The zero-order chi connectivity index (χ0) is 12.3. The van der Waals surface area contributed by atoms with Gasteiger partial charge in [-0.05, 0) is 49.1 Å². The Kier molecular flexibility index (Phi) is 3.73. The summed E-state index contributed by atoms with van der Waals surface area (Å²) in [4.78, 5) is 0. The SMILES string of the molecule is C#C/C(=C(/C)F)c1c(C)cc(O)cc1CC. The molecule has 1 N–H and O–H groups in total. The molecule has 0 aromatic heterocycles. The van der Waals surface area contributed by atoms with Crippen LogP contribution in [0.5, 0.6) is 5.75 Å². The van der Waals surface area contributed by atoms with Crippen LogP contribution in [0.15, 0.2) is 18.0 Å². The molecule has 0 heterocycles. The van der Waals surface area contributed by atoms with Gasteiger partial charge in [0.2, 0.25) is 0 Å². The molecule has 0 radical (unpaired) electrons. The van der Waals surface area contributed by atoms with E-state index in [1.807, 2.05) is 13.8 Å². The van der Waals surface area contributed by atoms with E-state index in [0.29, 0.717) is 6.42 Å². The van der Waals surface area contributed by atoms with Gasteiger partial charge >= 0.3 is 0 Å². The zero-order valence-electron chi connectivity index (χ0n) is 9.76. The van der Waals surface area contributed by atoms with Crippen molar-refractivity contribution in [1.29, 1.82) is 0 Å².